The number of carbonyl (C=O) groups excluding carboxylic acids is 1. The number of amides is 1. The van der Waals surface area contributed by atoms with E-state index < -0.39 is 10.0 Å². The van der Waals surface area contributed by atoms with Crippen molar-refractivity contribution >= 4 is 33.2 Å². The molecule has 0 radical (unpaired) electrons. The number of carbonyl (C=O) groups is 1. The number of morpholine rings is 1. The summed E-state index contributed by atoms with van der Waals surface area (Å²) in [7, 11) is -3.56. The van der Waals surface area contributed by atoms with Crippen molar-refractivity contribution in [1.29, 1.82) is 0 Å². The zero-order valence-electron chi connectivity index (χ0n) is 18.5. The Balaban J connectivity index is 1.22. The zero-order chi connectivity index (χ0) is 23.3. The summed E-state index contributed by atoms with van der Waals surface area (Å²) in [6.07, 6.45) is 0. The van der Waals surface area contributed by atoms with Gasteiger partial charge >= 0.3 is 0 Å². The molecule has 0 saturated carbocycles. The highest BCUT2D eigenvalue weighted by Crippen LogP contribution is 2.20. The molecule has 1 N–H and O–H groups in total. The lowest BCUT2D eigenvalue weighted by Gasteiger charge is -2.36. The standard InChI is InChI=1S/C23H29ClN4O4S/c24-20-3-5-21(6-4-20)27-13-11-26(12-14-27)10-9-25-23(29)19-1-7-22(8-2-19)33(30,31)28-15-17-32-18-16-28/h1-8H,9-18H2,(H,25,29). The molecule has 0 aliphatic carbocycles. The largest absolute Gasteiger partial charge is 0.379 e. The van der Waals surface area contributed by atoms with E-state index in [9.17, 15) is 13.2 Å². The van der Waals surface area contributed by atoms with Gasteiger partial charge in [-0.3, -0.25) is 9.69 Å². The van der Waals surface area contributed by atoms with Gasteiger partial charge in [-0.1, -0.05) is 11.6 Å². The molecule has 2 aromatic carbocycles. The number of nitrogens with zero attached hydrogens (tertiary/aromatic N) is 3. The minimum Gasteiger partial charge on any atom is -0.379 e. The number of ether oxygens (including phenoxy) is 1. The van der Waals surface area contributed by atoms with Crippen molar-refractivity contribution in [1.82, 2.24) is 14.5 Å². The van der Waals surface area contributed by atoms with Crippen molar-refractivity contribution in [2.45, 2.75) is 4.90 Å². The van der Waals surface area contributed by atoms with Gasteiger partial charge in [-0.25, -0.2) is 8.42 Å². The number of benzene rings is 2. The zero-order valence-corrected chi connectivity index (χ0v) is 20.0. The minimum atomic E-state index is -3.56. The van der Waals surface area contributed by atoms with Gasteiger partial charge in [0.05, 0.1) is 18.1 Å². The van der Waals surface area contributed by atoms with Crippen LogP contribution in [-0.2, 0) is 14.8 Å². The van der Waals surface area contributed by atoms with Gasteiger partial charge in [0.25, 0.3) is 5.91 Å². The fraction of sp³-hybridized carbons (Fsp3) is 0.435. The van der Waals surface area contributed by atoms with E-state index in [0.29, 0.717) is 38.4 Å². The lowest BCUT2D eigenvalue weighted by Crippen LogP contribution is -2.48. The van der Waals surface area contributed by atoms with E-state index in [1.165, 1.54) is 22.1 Å². The molecule has 10 heteroatoms. The van der Waals surface area contributed by atoms with Crippen LogP contribution in [0.15, 0.2) is 53.4 Å². The number of anilines is 1. The first kappa shape index (κ1) is 24.0. The van der Waals surface area contributed by atoms with Crippen molar-refractivity contribution in [3.8, 4) is 0 Å². The smallest absolute Gasteiger partial charge is 0.251 e. The van der Waals surface area contributed by atoms with Crippen LogP contribution in [0.3, 0.4) is 0 Å². The molecule has 33 heavy (non-hydrogen) atoms. The Morgan fingerprint density at radius 2 is 1.55 bits per heavy atom. The van der Waals surface area contributed by atoms with Gasteiger partial charge in [0.2, 0.25) is 10.0 Å². The molecule has 0 atom stereocenters. The van der Waals surface area contributed by atoms with Crippen LogP contribution in [0.4, 0.5) is 5.69 Å². The maximum absolute atomic E-state index is 12.7. The van der Waals surface area contributed by atoms with E-state index in [2.05, 4.69) is 15.1 Å². The average Bonchev–Trinajstić information content (AvgIpc) is 2.85. The highest BCUT2D eigenvalue weighted by molar-refractivity contribution is 7.89. The van der Waals surface area contributed by atoms with Gasteiger partial charge in [0.1, 0.15) is 0 Å². The van der Waals surface area contributed by atoms with Crippen molar-refractivity contribution in [3.05, 3.63) is 59.1 Å². The minimum absolute atomic E-state index is 0.194. The number of sulfonamides is 1. The van der Waals surface area contributed by atoms with Crippen LogP contribution in [0.1, 0.15) is 10.4 Å². The number of piperazine rings is 1. The van der Waals surface area contributed by atoms with Gasteiger partial charge in [-0.05, 0) is 48.5 Å². The molecule has 0 aromatic heterocycles. The molecule has 2 saturated heterocycles. The van der Waals surface area contributed by atoms with Crippen molar-refractivity contribution in [3.63, 3.8) is 0 Å². The first-order chi connectivity index (χ1) is 15.9. The Bertz CT molecular complexity index is 1030. The maximum Gasteiger partial charge on any atom is 0.251 e. The summed E-state index contributed by atoms with van der Waals surface area (Å²) in [6, 6.07) is 14.0. The normalized spacial score (nSPS) is 18.3. The topological polar surface area (TPSA) is 82.2 Å². The highest BCUT2D eigenvalue weighted by Gasteiger charge is 2.26. The average molecular weight is 493 g/mol. The summed E-state index contributed by atoms with van der Waals surface area (Å²) in [5.41, 5.74) is 1.62. The maximum atomic E-state index is 12.7. The predicted octanol–water partition coefficient (Wildman–Crippen LogP) is 1.91. The summed E-state index contributed by atoms with van der Waals surface area (Å²) in [5.74, 6) is -0.204. The number of halogens is 1. The van der Waals surface area contributed by atoms with E-state index in [1.807, 2.05) is 24.3 Å². The van der Waals surface area contributed by atoms with Crippen LogP contribution in [0.2, 0.25) is 5.02 Å². The van der Waals surface area contributed by atoms with E-state index in [0.717, 1.165) is 37.7 Å². The third-order valence-corrected chi connectivity index (χ3v) is 8.17. The van der Waals surface area contributed by atoms with Crippen molar-refractivity contribution in [2.24, 2.45) is 0 Å². The van der Waals surface area contributed by atoms with Gasteiger partial charge in [-0.15, -0.1) is 0 Å². The van der Waals surface area contributed by atoms with Crippen molar-refractivity contribution < 1.29 is 17.9 Å². The Kier molecular flexibility index (Phi) is 7.87. The SMILES string of the molecule is O=C(NCCN1CCN(c2ccc(Cl)cc2)CC1)c1ccc(S(=O)(=O)N2CCOCC2)cc1. The molecule has 2 heterocycles. The van der Waals surface area contributed by atoms with Crippen LogP contribution in [0, 0.1) is 0 Å². The Hall–Kier alpha value is -2.17. The van der Waals surface area contributed by atoms with E-state index in [-0.39, 0.29) is 10.8 Å². The van der Waals surface area contributed by atoms with Crippen LogP contribution in [-0.4, -0.2) is 89.1 Å². The van der Waals surface area contributed by atoms with Crippen molar-refractivity contribution in [2.75, 3.05) is 70.5 Å². The summed E-state index contributed by atoms with van der Waals surface area (Å²) in [5, 5.41) is 3.67. The molecule has 2 aliphatic rings. The van der Waals surface area contributed by atoms with Crippen LogP contribution < -0.4 is 10.2 Å². The van der Waals surface area contributed by atoms with Gasteiger partial charge in [-0.2, -0.15) is 4.31 Å². The second kappa shape index (κ2) is 10.8. The number of hydrogen-bond donors (Lipinski definition) is 1. The fourth-order valence-corrected chi connectivity index (χ4v) is 5.56. The van der Waals surface area contributed by atoms with E-state index >= 15 is 0 Å². The second-order valence-electron chi connectivity index (χ2n) is 8.10. The van der Waals surface area contributed by atoms with Gasteiger partial charge in [0.15, 0.2) is 0 Å². The van der Waals surface area contributed by atoms with Gasteiger partial charge in [0, 0.05) is 68.6 Å². The molecule has 2 aromatic rings. The molecular weight excluding hydrogens is 464 g/mol. The Morgan fingerprint density at radius 1 is 0.909 bits per heavy atom. The quantitative estimate of drug-likeness (QED) is 0.636. The summed E-state index contributed by atoms with van der Waals surface area (Å²) in [6.45, 7) is 6.49. The molecule has 4 rings (SSSR count). The number of nitrogens with one attached hydrogen (secondary N) is 1. The third kappa shape index (κ3) is 6.04. The Morgan fingerprint density at radius 3 is 2.18 bits per heavy atom. The predicted molar refractivity (Wildman–Crippen MR) is 128 cm³/mol. The van der Waals surface area contributed by atoms with E-state index in [4.69, 9.17) is 16.3 Å². The van der Waals surface area contributed by atoms with Crippen LogP contribution in [0.25, 0.3) is 0 Å². The highest BCUT2D eigenvalue weighted by atomic mass is 35.5. The van der Waals surface area contributed by atoms with Gasteiger partial charge < -0.3 is 15.0 Å². The summed E-state index contributed by atoms with van der Waals surface area (Å²) >= 11 is 5.97. The number of rotatable bonds is 7. The molecular formula is C23H29ClN4O4S. The first-order valence-corrected chi connectivity index (χ1v) is 12.9. The fourth-order valence-electron chi connectivity index (χ4n) is 4.03. The molecule has 0 unspecified atom stereocenters. The lowest BCUT2D eigenvalue weighted by molar-refractivity contribution is 0.0730. The van der Waals surface area contributed by atoms with Crippen LogP contribution >= 0.6 is 11.6 Å². The summed E-state index contributed by atoms with van der Waals surface area (Å²) in [4.78, 5) is 17.3. The van der Waals surface area contributed by atoms with E-state index in [1.54, 1.807) is 12.1 Å². The first-order valence-electron chi connectivity index (χ1n) is 11.1. The molecule has 2 fully saturated rings. The molecule has 8 nitrogen and oxygen atoms in total. The lowest BCUT2D eigenvalue weighted by atomic mass is 10.2. The monoisotopic (exact) mass is 492 g/mol. The molecule has 178 valence electrons. The molecule has 2 aliphatic heterocycles. The second-order valence-corrected chi connectivity index (χ2v) is 10.5. The Labute approximate surface area is 200 Å². The molecule has 1 amide bonds. The van der Waals surface area contributed by atoms with Crippen LogP contribution in [0.5, 0.6) is 0 Å². The molecule has 0 spiro atoms. The number of hydrogen-bond acceptors (Lipinski definition) is 6. The molecule has 0 bridgehead atoms. The third-order valence-electron chi connectivity index (χ3n) is 6.00. The summed E-state index contributed by atoms with van der Waals surface area (Å²) < 4.78 is 32.0.